The maximum atomic E-state index is 6.22. The summed E-state index contributed by atoms with van der Waals surface area (Å²) < 4.78 is 1.35. The highest BCUT2D eigenvalue weighted by atomic mass is 127. The van der Waals surface area contributed by atoms with E-state index >= 15 is 0 Å². The Morgan fingerprint density at radius 2 is 2.15 bits per heavy atom. The number of hydrogen-bond acceptors (Lipinski definition) is 2. The summed E-state index contributed by atoms with van der Waals surface area (Å²) in [6.45, 7) is 0. The van der Waals surface area contributed by atoms with Crippen molar-refractivity contribution >= 4 is 33.9 Å². The summed E-state index contributed by atoms with van der Waals surface area (Å²) in [5.41, 5.74) is 7.57. The van der Waals surface area contributed by atoms with Gasteiger partial charge in [-0.1, -0.05) is 12.8 Å². The Balaban J connectivity index is 2.07. The Morgan fingerprint density at radius 1 is 1.46 bits per heavy atom. The quantitative estimate of drug-likeness (QED) is 0.831. The molecule has 2 N–H and O–H groups in total. The van der Waals surface area contributed by atoms with Gasteiger partial charge in [0.25, 0.3) is 0 Å². The van der Waals surface area contributed by atoms with E-state index in [-0.39, 0.29) is 0 Å². The van der Waals surface area contributed by atoms with Crippen LogP contribution in [0.25, 0.3) is 0 Å². The molecule has 3 heteroatoms. The average Bonchev–Trinajstić information content (AvgIpc) is 2.72. The van der Waals surface area contributed by atoms with Crippen LogP contribution in [-0.2, 0) is 0 Å². The Hall–Kier alpha value is 0.390. The molecule has 0 amide bonds. The van der Waals surface area contributed by atoms with Gasteiger partial charge in [-0.2, -0.15) is 0 Å². The number of hydrogen-bond donors (Lipinski definition) is 1. The fourth-order valence-corrected chi connectivity index (χ4v) is 3.51. The highest BCUT2D eigenvalue weighted by molar-refractivity contribution is 14.1. The zero-order chi connectivity index (χ0) is 9.26. The van der Waals surface area contributed by atoms with Crippen molar-refractivity contribution < 1.29 is 0 Å². The van der Waals surface area contributed by atoms with E-state index in [0.29, 0.717) is 6.04 Å². The van der Waals surface area contributed by atoms with E-state index in [1.165, 1.54) is 34.1 Å². The fourth-order valence-electron chi connectivity index (χ4n) is 2.09. The van der Waals surface area contributed by atoms with Crippen LogP contribution in [0.4, 0.5) is 0 Å². The lowest BCUT2D eigenvalue weighted by Gasteiger charge is -2.17. The smallest absolute Gasteiger partial charge is 0.0656 e. The summed E-state index contributed by atoms with van der Waals surface area (Å²) in [5.74, 6) is 0.741. The molecule has 2 rings (SSSR count). The van der Waals surface area contributed by atoms with E-state index in [0.717, 1.165) is 5.92 Å². The van der Waals surface area contributed by atoms with E-state index < -0.39 is 0 Å². The van der Waals surface area contributed by atoms with Crippen LogP contribution >= 0.6 is 33.9 Å². The first-order chi connectivity index (χ1) is 6.27. The number of nitrogens with two attached hydrogens (primary N) is 1. The molecular formula is C10H14INS. The monoisotopic (exact) mass is 307 g/mol. The van der Waals surface area contributed by atoms with Gasteiger partial charge in [-0.15, -0.1) is 11.3 Å². The lowest BCUT2D eigenvalue weighted by atomic mass is 9.94. The van der Waals surface area contributed by atoms with Gasteiger partial charge in [-0.25, -0.2) is 0 Å². The van der Waals surface area contributed by atoms with Gasteiger partial charge < -0.3 is 5.73 Å². The first kappa shape index (κ1) is 9.93. The van der Waals surface area contributed by atoms with Crippen LogP contribution < -0.4 is 5.73 Å². The molecule has 72 valence electrons. The Labute approximate surface area is 96.9 Å². The summed E-state index contributed by atoms with van der Waals surface area (Å²) in [7, 11) is 0. The van der Waals surface area contributed by atoms with Crippen molar-refractivity contribution in [2.75, 3.05) is 0 Å². The van der Waals surface area contributed by atoms with Crippen molar-refractivity contribution in [3.05, 3.63) is 19.9 Å². The number of halogens is 1. The van der Waals surface area contributed by atoms with E-state index in [1.807, 2.05) is 0 Å². The predicted octanol–water partition coefficient (Wildman–Crippen LogP) is 3.54. The maximum absolute atomic E-state index is 6.22. The van der Waals surface area contributed by atoms with Crippen LogP contribution in [0.5, 0.6) is 0 Å². The molecule has 1 heterocycles. The van der Waals surface area contributed by atoms with Gasteiger partial charge in [-0.3, -0.25) is 0 Å². The Kier molecular flexibility index (Phi) is 3.26. The van der Waals surface area contributed by atoms with Gasteiger partial charge in [0.2, 0.25) is 0 Å². The van der Waals surface area contributed by atoms with Gasteiger partial charge in [-0.05, 0) is 58.4 Å². The van der Waals surface area contributed by atoms with Crippen LogP contribution in [0, 0.1) is 8.80 Å². The first-order valence-electron chi connectivity index (χ1n) is 4.77. The van der Waals surface area contributed by atoms with Gasteiger partial charge in [0, 0.05) is 6.04 Å². The molecular weight excluding hydrogens is 293 g/mol. The Morgan fingerprint density at radius 3 is 2.69 bits per heavy atom. The molecule has 1 atom stereocenters. The fraction of sp³-hybridized carbons (Fsp3) is 0.600. The van der Waals surface area contributed by atoms with Crippen LogP contribution in [0.3, 0.4) is 0 Å². The second kappa shape index (κ2) is 4.28. The zero-order valence-electron chi connectivity index (χ0n) is 7.50. The molecule has 1 saturated carbocycles. The topological polar surface area (TPSA) is 26.0 Å². The number of rotatable bonds is 2. The van der Waals surface area contributed by atoms with Crippen molar-refractivity contribution in [1.82, 2.24) is 0 Å². The summed E-state index contributed by atoms with van der Waals surface area (Å²) >= 11 is 4.16. The van der Waals surface area contributed by atoms with E-state index in [1.54, 1.807) is 11.3 Å². The summed E-state index contributed by atoms with van der Waals surface area (Å²) in [4.78, 5) is 0. The number of thiophene rings is 1. The molecule has 0 aliphatic heterocycles. The van der Waals surface area contributed by atoms with Gasteiger partial charge in [0.1, 0.15) is 0 Å². The molecule has 13 heavy (non-hydrogen) atoms. The molecule has 0 radical (unpaired) electrons. The second-order valence-corrected chi connectivity index (χ2v) is 6.56. The minimum absolute atomic E-state index is 0.294. The van der Waals surface area contributed by atoms with Crippen LogP contribution in [0.1, 0.15) is 37.3 Å². The third-order valence-electron chi connectivity index (χ3n) is 2.88. The molecule has 0 bridgehead atoms. The molecule has 1 aliphatic carbocycles. The van der Waals surface area contributed by atoms with Crippen molar-refractivity contribution in [2.45, 2.75) is 31.7 Å². The third kappa shape index (κ3) is 2.25. The second-order valence-electron chi connectivity index (χ2n) is 3.75. The van der Waals surface area contributed by atoms with Crippen molar-refractivity contribution in [3.63, 3.8) is 0 Å². The van der Waals surface area contributed by atoms with Crippen LogP contribution in [-0.4, -0.2) is 0 Å². The molecule has 1 aromatic rings. The van der Waals surface area contributed by atoms with Crippen molar-refractivity contribution in [2.24, 2.45) is 11.7 Å². The molecule has 1 aromatic heterocycles. The maximum Gasteiger partial charge on any atom is 0.0656 e. The van der Waals surface area contributed by atoms with Crippen LogP contribution in [0.2, 0.25) is 0 Å². The average molecular weight is 307 g/mol. The summed E-state index contributed by atoms with van der Waals surface area (Å²) in [6, 6.07) is 2.52. The van der Waals surface area contributed by atoms with E-state index in [4.69, 9.17) is 5.73 Å². The highest BCUT2D eigenvalue weighted by Gasteiger charge is 2.23. The molecule has 0 spiro atoms. The van der Waals surface area contributed by atoms with Gasteiger partial charge in [0.05, 0.1) is 2.88 Å². The minimum atomic E-state index is 0.294. The lowest BCUT2D eigenvalue weighted by molar-refractivity contribution is 0.446. The standard InChI is InChI=1S/C10H14INS/c11-9-5-8(6-13-9)10(12)7-3-1-2-4-7/h5-7,10H,1-4,12H2. The Bertz CT molecular complexity index is 278. The molecule has 0 aromatic carbocycles. The normalized spacial score (nSPS) is 20.8. The first-order valence-corrected chi connectivity index (χ1v) is 6.73. The van der Waals surface area contributed by atoms with E-state index in [9.17, 15) is 0 Å². The highest BCUT2D eigenvalue weighted by Crippen LogP contribution is 2.35. The largest absolute Gasteiger partial charge is 0.324 e. The van der Waals surface area contributed by atoms with Crippen molar-refractivity contribution in [1.29, 1.82) is 0 Å². The minimum Gasteiger partial charge on any atom is -0.324 e. The predicted molar refractivity (Wildman–Crippen MR) is 65.9 cm³/mol. The zero-order valence-corrected chi connectivity index (χ0v) is 10.5. The SMILES string of the molecule is NC(c1csc(I)c1)C1CCCC1. The molecule has 1 unspecified atom stereocenters. The van der Waals surface area contributed by atoms with Crippen LogP contribution in [0.15, 0.2) is 11.4 Å². The van der Waals surface area contributed by atoms with Gasteiger partial charge in [0.15, 0.2) is 0 Å². The van der Waals surface area contributed by atoms with Crippen molar-refractivity contribution in [3.8, 4) is 0 Å². The summed E-state index contributed by atoms with van der Waals surface area (Å²) in [5, 5.41) is 2.21. The molecule has 0 saturated heterocycles. The third-order valence-corrected chi connectivity index (χ3v) is 4.69. The van der Waals surface area contributed by atoms with E-state index in [2.05, 4.69) is 34.0 Å². The molecule has 1 nitrogen and oxygen atoms in total. The molecule has 1 aliphatic rings. The molecule has 1 fully saturated rings. The lowest BCUT2D eigenvalue weighted by Crippen LogP contribution is -2.18. The summed E-state index contributed by atoms with van der Waals surface area (Å²) in [6.07, 6.45) is 5.40. The van der Waals surface area contributed by atoms with Gasteiger partial charge >= 0.3 is 0 Å².